The standard InChI is InChI=1S/C21H17FN4O4/c22-17-10-15(4-7-21(17)28)26-12-20(24-25-26)18-6-3-14-2-5-16(11-19(14)23-18)30-9-1-8-29-13-27/h2-7,10-13,28H,1,8-9H2. The molecule has 0 bridgehead atoms. The Hall–Kier alpha value is -4.01. The van der Waals surface area contributed by atoms with Gasteiger partial charge in [-0.05, 0) is 30.3 Å². The predicted octanol–water partition coefficient (Wildman–Crippen LogP) is 3.27. The van der Waals surface area contributed by atoms with Crippen LogP contribution >= 0.6 is 0 Å². The molecule has 0 saturated carbocycles. The first kappa shape index (κ1) is 19.3. The molecule has 0 unspecified atom stereocenters. The van der Waals surface area contributed by atoms with Gasteiger partial charge in [0.05, 0.1) is 36.3 Å². The van der Waals surface area contributed by atoms with Gasteiger partial charge in [-0.2, -0.15) is 0 Å². The van der Waals surface area contributed by atoms with Crippen molar-refractivity contribution in [2.24, 2.45) is 0 Å². The van der Waals surface area contributed by atoms with E-state index in [0.29, 0.717) is 48.9 Å². The lowest BCUT2D eigenvalue weighted by Crippen LogP contribution is -2.02. The lowest BCUT2D eigenvalue weighted by molar-refractivity contribution is -0.128. The van der Waals surface area contributed by atoms with Crippen LogP contribution in [0.25, 0.3) is 28.0 Å². The highest BCUT2D eigenvalue weighted by atomic mass is 19.1. The monoisotopic (exact) mass is 408 g/mol. The van der Waals surface area contributed by atoms with Crippen LogP contribution in [-0.4, -0.2) is 44.8 Å². The van der Waals surface area contributed by atoms with Gasteiger partial charge < -0.3 is 14.6 Å². The van der Waals surface area contributed by atoms with Crippen molar-refractivity contribution in [2.75, 3.05) is 13.2 Å². The molecular weight excluding hydrogens is 391 g/mol. The van der Waals surface area contributed by atoms with E-state index in [1.165, 1.54) is 22.9 Å². The summed E-state index contributed by atoms with van der Waals surface area (Å²) >= 11 is 0. The van der Waals surface area contributed by atoms with E-state index >= 15 is 0 Å². The molecule has 0 spiro atoms. The summed E-state index contributed by atoms with van der Waals surface area (Å²) in [6.07, 6.45) is 2.22. The van der Waals surface area contributed by atoms with Gasteiger partial charge in [-0.15, -0.1) is 5.10 Å². The Kier molecular flexibility index (Phi) is 5.51. The normalized spacial score (nSPS) is 10.8. The molecular formula is C21H17FN4O4. The first-order valence-corrected chi connectivity index (χ1v) is 9.14. The molecule has 2 aromatic heterocycles. The van der Waals surface area contributed by atoms with Crippen molar-refractivity contribution in [1.82, 2.24) is 20.0 Å². The van der Waals surface area contributed by atoms with E-state index in [9.17, 15) is 14.3 Å². The predicted molar refractivity (Wildman–Crippen MR) is 106 cm³/mol. The van der Waals surface area contributed by atoms with Gasteiger partial charge in [-0.3, -0.25) is 4.79 Å². The number of benzene rings is 2. The number of nitrogens with zero attached hydrogens (tertiary/aromatic N) is 4. The number of halogens is 1. The van der Waals surface area contributed by atoms with E-state index in [4.69, 9.17) is 4.74 Å². The number of aromatic hydroxyl groups is 1. The van der Waals surface area contributed by atoms with Gasteiger partial charge in [-0.1, -0.05) is 11.3 Å². The first-order chi connectivity index (χ1) is 14.6. The van der Waals surface area contributed by atoms with Crippen molar-refractivity contribution < 1.29 is 23.8 Å². The average Bonchev–Trinajstić information content (AvgIpc) is 3.25. The summed E-state index contributed by atoms with van der Waals surface area (Å²) in [5, 5.41) is 18.4. The SMILES string of the molecule is O=COCCCOc1ccc2ccc(-c3cn(-c4ccc(O)c(F)c4)nn3)nc2c1. The minimum Gasteiger partial charge on any atom is -0.505 e. The van der Waals surface area contributed by atoms with Crippen molar-refractivity contribution in [3.63, 3.8) is 0 Å². The third-order valence-corrected chi connectivity index (χ3v) is 4.36. The fraction of sp³-hybridized carbons (Fsp3) is 0.143. The van der Waals surface area contributed by atoms with E-state index in [1.807, 2.05) is 30.3 Å². The van der Waals surface area contributed by atoms with Gasteiger partial charge in [0.1, 0.15) is 11.4 Å². The molecule has 0 aliphatic heterocycles. The summed E-state index contributed by atoms with van der Waals surface area (Å²) in [5.41, 5.74) is 2.27. The van der Waals surface area contributed by atoms with E-state index in [1.54, 1.807) is 6.20 Å². The summed E-state index contributed by atoms with van der Waals surface area (Å²) in [4.78, 5) is 14.8. The summed E-state index contributed by atoms with van der Waals surface area (Å²) in [6, 6.07) is 13.3. The van der Waals surface area contributed by atoms with Gasteiger partial charge in [-0.25, -0.2) is 14.1 Å². The van der Waals surface area contributed by atoms with Gasteiger partial charge in [0.25, 0.3) is 6.47 Å². The molecule has 152 valence electrons. The van der Waals surface area contributed by atoms with Crippen molar-refractivity contribution >= 4 is 17.4 Å². The average molecular weight is 408 g/mol. The molecule has 4 rings (SSSR count). The van der Waals surface area contributed by atoms with Crippen LogP contribution in [0.5, 0.6) is 11.5 Å². The summed E-state index contributed by atoms with van der Waals surface area (Å²) in [6.45, 7) is 1.13. The lowest BCUT2D eigenvalue weighted by Gasteiger charge is -2.07. The molecule has 9 heteroatoms. The number of phenols is 1. The van der Waals surface area contributed by atoms with E-state index in [0.717, 1.165) is 10.9 Å². The van der Waals surface area contributed by atoms with Crippen LogP contribution in [0.3, 0.4) is 0 Å². The molecule has 2 heterocycles. The van der Waals surface area contributed by atoms with Gasteiger partial charge in [0, 0.05) is 23.9 Å². The number of ether oxygens (including phenoxy) is 2. The van der Waals surface area contributed by atoms with Crippen LogP contribution in [0.1, 0.15) is 6.42 Å². The van der Waals surface area contributed by atoms with Gasteiger partial charge in [0.15, 0.2) is 11.6 Å². The maximum atomic E-state index is 13.6. The molecule has 0 radical (unpaired) electrons. The number of pyridine rings is 1. The molecule has 8 nitrogen and oxygen atoms in total. The number of fused-ring (bicyclic) bond motifs is 1. The highest BCUT2D eigenvalue weighted by Gasteiger charge is 2.10. The minimum atomic E-state index is -0.737. The summed E-state index contributed by atoms with van der Waals surface area (Å²) in [5.74, 6) is -0.510. The zero-order chi connectivity index (χ0) is 20.9. The van der Waals surface area contributed by atoms with Crippen LogP contribution in [0, 0.1) is 5.82 Å². The molecule has 0 fully saturated rings. The largest absolute Gasteiger partial charge is 0.505 e. The van der Waals surface area contributed by atoms with Gasteiger partial charge in [0.2, 0.25) is 0 Å². The number of hydrogen-bond donors (Lipinski definition) is 1. The number of carbonyl (C=O) groups excluding carboxylic acids is 1. The number of hydrogen-bond acceptors (Lipinski definition) is 7. The van der Waals surface area contributed by atoms with E-state index in [-0.39, 0.29) is 0 Å². The zero-order valence-electron chi connectivity index (χ0n) is 15.7. The Morgan fingerprint density at radius 3 is 2.77 bits per heavy atom. The Bertz CT molecular complexity index is 1190. The van der Waals surface area contributed by atoms with E-state index < -0.39 is 11.6 Å². The molecule has 4 aromatic rings. The van der Waals surface area contributed by atoms with Crippen LogP contribution in [0.4, 0.5) is 4.39 Å². The molecule has 0 aliphatic carbocycles. The Morgan fingerprint density at radius 2 is 1.93 bits per heavy atom. The molecule has 0 saturated heterocycles. The van der Waals surface area contributed by atoms with E-state index in [2.05, 4.69) is 20.0 Å². The third kappa shape index (κ3) is 4.19. The fourth-order valence-electron chi connectivity index (χ4n) is 2.86. The molecule has 30 heavy (non-hydrogen) atoms. The Balaban J connectivity index is 1.54. The quantitative estimate of drug-likeness (QED) is 0.353. The molecule has 0 aliphatic rings. The highest BCUT2D eigenvalue weighted by Crippen LogP contribution is 2.24. The molecule has 1 N–H and O–H groups in total. The van der Waals surface area contributed by atoms with Crippen molar-refractivity contribution in [3.05, 3.63) is 60.5 Å². The van der Waals surface area contributed by atoms with Crippen LogP contribution in [0.2, 0.25) is 0 Å². The number of phenolic OH excluding ortho intramolecular Hbond substituents is 1. The van der Waals surface area contributed by atoms with Crippen LogP contribution in [-0.2, 0) is 9.53 Å². The smallest absolute Gasteiger partial charge is 0.293 e. The fourth-order valence-corrected chi connectivity index (χ4v) is 2.86. The molecule has 0 atom stereocenters. The summed E-state index contributed by atoms with van der Waals surface area (Å²) < 4.78 is 25.3. The second-order valence-electron chi connectivity index (χ2n) is 6.40. The number of aromatic nitrogens is 4. The topological polar surface area (TPSA) is 99.4 Å². The second-order valence-corrected chi connectivity index (χ2v) is 6.40. The number of carbonyl (C=O) groups is 1. The van der Waals surface area contributed by atoms with Crippen molar-refractivity contribution in [1.29, 1.82) is 0 Å². The molecule has 2 aromatic carbocycles. The summed E-state index contributed by atoms with van der Waals surface area (Å²) in [7, 11) is 0. The maximum Gasteiger partial charge on any atom is 0.293 e. The second kappa shape index (κ2) is 8.56. The van der Waals surface area contributed by atoms with Crippen LogP contribution < -0.4 is 4.74 Å². The van der Waals surface area contributed by atoms with Crippen LogP contribution in [0.15, 0.2) is 54.7 Å². The lowest BCUT2D eigenvalue weighted by atomic mass is 10.2. The highest BCUT2D eigenvalue weighted by molar-refractivity contribution is 5.82. The minimum absolute atomic E-state index is 0.306. The number of rotatable bonds is 8. The Labute approximate surface area is 170 Å². The maximum absolute atomic E-state index is 13.6. The van der Waals surface area contributed by atoms with Gasteiger partial charge >= 0.3 is 0 Å². The third-order valence-electron chi connectivity index (χ3n) is 4.36. The Morgan fingerprint density at radius 1 is 1.07 bits per heavy atom. The van der Waals surface area contributed by atoms with Crippen molar-refractivity contribution in [3.8, 4) is 28.6 Å². The molecule has 0 amide bonds. The first-order valence-electron chi connectivity index (χ1n) is 9.14. The zero-order valence-corrected chi connectivity index (χ0v) is 15.7. The van der Waals surface area contributed by atoms with Crippen molar-refractivity contribution in [2.45, 2.75) is 6.42 Å².